The quantitative estimate of drug-likeness (QED) is 0.151. The molecule has 156 valence electrons. The van der Waals surface area contributed by atoms with Gasteiger partial charge in [-0.15, -0.1) is 0 Å². The molecule has 1 aromatic carbocycles. The van der Waals surface area contributed by atoms with Crippen molar-refractivity contribution in [2.75, 3.05) is 13.1 Å². The molecule has 0 unspecified atom stereocenters. The zero-order valence-electron chi connectivity index (χ0n) is 15.1. The third-order valence-corrected chi connectivity index (χ3v) is 4.86. The molecule has 1 amide bonds. The van der Waals surface area contributed by atoms with Gasteiger partial charge < -0.3 is 9.45 Å². The molecule has 0 aliphatic carbocycles. The molecule has 1 rings (SSSR count). The Morgan fingerprint density at radius 3 is 1.89 bits per heavy atom. The van der Waals surface area contributed by atoms with Gasteiger partial charge in [0, 0.05) is 18.7 Å². The summed E-state index contributed by atoms with van der Waals surface area (Å²) in [6.07, 6.45) is 0. The number of benzene rings is 1. The Balaban J connectivity index is 0. The molecule has 0 radical (unpaired) electrons. The Morgan fingerprint density at radius 1 is 1.18 bits per heavy atom. The van der Waals surface area contributed by atoms with Crippen LogP contribution < -0.4 is 40.6 Å². The van der Waals surface area contributed by atoms with Crippen molar-refractivity contribution in [3.8, 4) is 0 Å². The van der Waals surface area contributed by atoms with Crippen LogP contribution in [0, 0.1) is 0 Å². The molecule has 10 nitrogen and oxygen atoms in total. The van der Waals surface area contributed by atoms with Crippen LogP contribution in [0.1, 0.15) is 29.8 Å². The van der Waals surface area contributed by atoms with Gasteiger partial charge in [0.2, 0.25) is 24.2 Å². The molecular formula is C12H17Cl3N3NaO7S2. The van der Waals surface area contributed by atoms with Crippen LogP contribution in [-0.4, -0.2) is 45.3 Å². The maximum absolute atomic E-state index is 12.3. The SMILES string of the molecule is CCN(CC)C(=O)c1ccc(C(Cl)(Cl)Cl)cc1S(N)(=O)=O.NOS(=O)(=O)[O-].[Na+]. The van der Waals surface area contributed by atoms with Crippen molar-refractivity contribution in [3.05, 3.63) is 29.3 Å². The standard InChI is InChI=1S/C12H15Cl3N2O3S.H3NO4S.Na/c1-3-17(4-2)11(18)9-6-5-8(12(13,14)15)7-10(9)21(16,19)20;1-5-6(2,3)4;/h5-7H,3-4H2,1-2H3,(H2,16,19,20);1H2,(H,2,3,4);/q;;+1/p-1. The first kappa shape index (κ1) is 30.5. The zero-order chi connectivity index (χ0) is 21.6. The van der Waals surface area contributed by atoms with Gasteiger partial charge in [-0.25, -0.2) is 22.0 Å². The second kappa shape index (κ2) is 12.2. The number of carbonyl (C=O) groups is 1. The van der Waals surface area contributed by atoms with Gasteiger partial charge >= 0.3 is 29.6 Å². The van der Waals surface area contributed by atoms with Crippen molar-refractivity contribution in [2.24, 2.45) is 11.0 Å². The van der Waals surface area contributed by atoms with E-state index in [0.29, 0.717) is 13.1 Å². The fourth-order valence-corrected chi connectivity index (χ4v) is 2.90. The molecule has 0 aromatic heterocycles. The van der Waals surface area contributed by atoms with E-state index in [0.717, 1.165) is 6.07 Å². The van der Waals surface area contributed by atoms with Crippen LogP contribution >= 0.6 is 34.8 Å². The summed E-state index contributed by atoms with van der Waals surface area (Å²) in [4.78, 5) is 13.5. The van der Waals surface area contributed by atoms with E-state index >= 15 is 0 Å². The number of primary sulfonamides is 1. The molecule has 0 heterocycles. The molecule has 0 spiro atoms. The van der Waals surface area contributed by atoms with Gasteiger partial charge in [-0.2, -0.15) is 10.2 Å². The summed E-state index contributed by atoms with van der Waals surface area (Å²) in [6.45, 7) is 4.44. The van der Waals surface area contributed by atoms with Gasteiger partial charge in [0.15, 0.2) is 0 Å². The third kappa shape index (κ3) is 10.4. The topological polar surface area (TPSA) is 173 Å². The van der Waals surface area contributed by atoms with Gasteiger partial charge in [-0.3, -0.25) is 4.79 Å². The van der Waals surface area contributed by atoms with E-state index < -0.39 is 30.1 Å². The monoisotopic (exact) mass is 507 g/mol. The number of alkyl halides is 3. The minimum Gasteiger partial charge on any atom is -0.724 e. The van der Waals surface area contributed by atoms with E-state index in [9.17, 15) is 13.2 Å². The molecule has 16 heteroatoms. The average Bonchev–Trinajstić information content (AvgIpc) is 2.53. The molecule has 0 fully saturated rings. The Labute approximate surface area is 200 Å². The van der Waals surface area contributed by atoms with Crippen molar-refractivity contribution in [1.82, 2.24) is 4.90 Å². The summed E-state index contributed by atoms with van der Waals surface area (Å²) in [6, 6.07) is 3.80. The first-order chi connectivity index (χ1) is 12.1. The minimum absolute atomic E-state index is 0. The van der Waals surface area contributed by atoms with Crippen LogP contribution in [0.2, 0.25) is 0 Å². The summed E-state index contributed by atoms with van der Waals surface area (Å²) in [7, 11) is -8.77. The fourth-order valence-electron chi connectivity index (χ4n) is 1.79. The molecule has 28 heavy (non-hydrogen) atoms. The van der Waals surface area contributed by atoms with Gasteiger partial charge in [-0.05, 0) is 26.0 Å². The number of nitrogens with zero attached hydrogens (tertiary/aromatic N) is 1. The molecule has 4 N–H and O–H groups in total. The van der Waals surface area contributed by atoms with E-state index in [1.54, 1.807) is 13.8 Å². The molecule has 1 aromatic rings. The van der Waals surface area contributed by atoms with Crippen LogP contribution in [0.3, 0.4) is 0 Å². The van der Waals surface area contributed by atoms with E-state index in [2.05, 4.69) is 10.2 Å². The zero-order valence-corrected chi connectivity index (χ0v) is 21.0. The van der Waals surface area contributed by atoms with Crippen LogP contribution in [0.15, 0.2) is 23.1 Å². The van der Waals surface area contributed by atoms with Crippen LogP contribution in [0.4, 0.5) is 0 Å². The first-order valence-electron chi connectivity index (χ1n) is 6.95. The Morgan fingerprint density at radius 2 is 1.61 bits per heavy atom. The van der Waals surface area contributed by atoms with Crippen molar-refractivity contribution >= 4 is 61.1 Å². The summed E-state index contributed by atoms with van der Waals surface area (Å²) >= 11 is 17.2. The van der Waals surface area contributed by atoms with Crippen molar-refractivity contribution in [2.45, 2.75) is 22.5 Å². The Kier molecular flexibility index (Phi) is 13.3. The number of hydrogen-bond acceptors (Lipinski definition) is 8. The minimum atomic E-state index is -4.63. The van der Waals surface area contributed by atoms with Gasteiger partial charge in [-0.1, -0.05) is 40.9 Å². The largest absolute Gasteiger partial charge is 1.00 e. The maximum Gasteiger partial charge on any atom is 1.00 e. The van der Waals surface area contributed by atoms with Gasteiger partial charge in [0.25, 0.3) is 5.91 Å². The molecule has 0 atom stereocenters. The number of rotatable bonds is 5. The van der Waals surface area contributed by atoms with Crippen molar-refractivity contribution in [3.63, 3.8) is 0 Å². The number of sulfonamides is 1. The molecule has 0 saturated carbocycles. The molecule has 0 bridgehead atoms. The summed E-state index contributed by atoms with van der Waals surface area (Å²) < 4.78 is 51.8. The molecule has 0 saturated heterocycles. The van der Waals surface area contributed by atoms with E-state index in [1.165, 1.54) is 17.0 Å². The molecular weight excluding hydrogens is 492 g/mol. The predicted octanol–water partition coefficient (Wildman–Crippen LogP) is -2.02. The second-order valence-corrected chi connectivity index (χ2v) is 9.56. The smallest absolute Gasteiger partial charge is 0.724 e. The fraction of sp³-hybridized carbons (Fsp3) is 0.417. The van der Waals surface area contributed by atoms with E-state index in [-0.39, 0.29) is 45.6 Å². The van der Waals surface area contributed by atoms with Crippen molar-refractivity contribution < 1.29 is 60.0 Å². The maximum atomic E-state index is 12.3. The number of carbonyl (C=O) groups excluding carboxylic acids is 1. The van der Waals surface area contributed by atoms with Crippen molar-refractivity contribution in [1.29, 1.82) is 0 Å². The Hall–Kier alpha value is 0.300. The van der Waals surface area contributed by atoms with E-state index in [1.807, 2.05) is 0 Å². The number of halogens is 3. The normalized spacial score (nSPS) is 11.7. The average molecular weight is 509 g/mol. The van der Waals surface area contributed by atoms with Gasteiger partial charge in [0.1, 0.15) is 0 Å². The number of amides is 1. The molecule has 0 aliphatic rings. The first-order valence-corrected chi connectivity index (χ1v) is 11.0. The van der Waals surface area contributed by atoms with E-state index in [4.69, 9.17) is 52.9 Å². The summed E-state index contributed by atoms with van der Waals surface area (Å²) in [5, 5.41) is 5.16. The second-order valence-electron chi connectivity index (χ2n) is 4.74. The third-order valence-electron chi connectivity index (χ3n) is 3.01. The van der Waals surface area contributed by atoms with Gasteiger partial charge in [0.05, 0.1) is 10.5 Å². The summed E-state index contributed by atoms with van der Waals surface area (Å²) in [5.74, 6) is 3.46. The number of hydrogen-bond donors (Lipinski definition) is 2. The van der Waals surface area contributed by atoms with Crippen LogP contribution in [0.25, 0.3) is 0 Å². The number of nitrogens with two attached hydrogens (primary N) is 2. The Bertz CT molecular complexity index is 873. The van der Waals surface area contributed by atoms with Crippen LogP contribution in [0.5, 0.6) is 0 Å². The van der Waals surface area contributed by atoms with Crippen LogP contribution in [-0.2, 0) is 28.5 Å². The predicted molar refractivity (Wildman–Crippen MR) is 99.3 cm³/mol. The summed E-state index contributed by atoms with van der Waals surface area (Å²) in [5.41, 5.74) is 0.0758. The molecule has 0 aliphatic heterocycles.